The molecule has 0 aliphatic heterocycles. The minimum absolute atomic E-state index is 0.0236. The number of allylic oxidation sites excluding steroid dienone is 2. The fourth-order valence-corrected chi connectivity index (χ4v) is 7.28. The molecule has 22 heavy (non-hydrogen) atoms. The van der Waals surface area contributed by atoms with Crippen LogP contribution in [-0.4, -0.2) is 17.0 Å². The van der Waals surface area contributed by atoms with E-state index in [1.54, 1.807) is 0 Å². The highest BCUT2D eigenvalue weighted by Crippen LogP contribution is 2.71. The highest BCUT2D eigenvalue weighted by Gasteiger charge is 2.67. The Morgan fingerprint density at radius 1 is 1.05 bits per heavy atom. The first-order valence-corrected chi connectivity index (χ1v) is 9.04. The zero-order chi connectivity index (χ0) is 16.0. The van der Waals surface area contributed by atoms with Crippen molar-refractivity contribution < 1.29 is 9.90 Å². The molecule has 0 saturated heterocycles. The summed E-state index contributed by atoms with van der Waals surface area (Å²) in [7, 11) is 0. The third-order valence-electron chi connectivity index (χ3n) is 8.12. The van der Waals surface area contributed by atoms with E-state index in [1.807, 2.05) is 0 Å². The van der Waals surface area contributed by atoms with Crippen LogP contribution in [0.5, 0.6) is 0 Å². The molecule has 2 heteroatoms. The van der Waals surface area contributed by atoms with Gasteiger partial charge in [0.1, 0.15) is 6.10 Å². The summed E-state index contributed by atoms with van der Waals surface area (Å²) < 4.78 is 0. The Bertz CT molecular complexity index is 562. The first-order valence-electron chi connectivity index (χ1n) is 9.04. The number of carbonyl (C=O) groups is 1. The molecule has 4 aliphatic carbocycles. The summed E-state index contributed by atoms with van der Waals surface area (Å²) in [6, 6.07) is 0. The van der Waals surface area contributed by atoms with E-state index in [1.165, 1.54) is 19.3 Å². The van der Waals surface area contributed by atoms with E-state index < -0.39 is 6.10 Å². The number of ketones is 1. The topological polar surface area (TPSA) is 37.3 Å². The monoisotopic (exact) mass is 302 g/mol. The van der Waals surface area contributed by atoms with Crippen LogP contribution >= 0.6 is 0 Å². The molecule has 3 saturated carbocycles. The lowest BCUT2D eigenvalue weighted by Gasteiger charge is -2.65. The lowest BCUT2D eigenvalue weighted by Crippen LogP contribution is -2.64. The van der Waals surface area contributed by atoms with Gasteiger partial charge in [-0.05, 0) is 60.2 Å². The molecular formula is C20H30O2. The molecule has 2 nitrogen and oxygen atoms in total. The van der Waals surface area contributed by atoms with Gasteiger partial charge in [0.2, 0.25) is 0 Å². The van der Waals surface area contributed by atoms with E-state index in [-0.39, 0.29) is 22.0 Å². The summed E-state index contributed by atoms with van der Waals surface area (Å²) >= 11 is 0. The summed E-state index contributed by atoms with van der Waals surface area (Å²) in [5, 5.41) is 10.9. The second-order valence-electron chi connectivity index (χ2n) is 9.98. The SMILES string of the molecule is CC12C=CC3(CCC4C(C)(C)CC(=O)C(O)C4(C)C3CC1)C2. The van der Waals surface area contributed by atoms with Gasteiger partial charge in [-0.2, -0.15) is 0 Å². The molecule has 3 fully saturated rings. The Labute approximate surface area is 134 Å². The number of aliphatic hydroxyl groups excluding tert-OH is 1. The van der Waals surface area contributed by atoms with Gasteiger partial charge in [0.05, 0.1) is 0 Å². The third kappa shape index (κ3) is 1.63. The second-order valence-corrected chi connectivity index (χ2v) is 9.98. The van der Waals surface area contributed by atoms with E-state index in [4.69, 9.17) is 0 Å². The fraction of sp³-hybridized carbons (Fsp3) is 0.850. The molecular weight excluding hydrogens is 272 g/mol. The van der Waals surface area contributed by atoms with Gasteiger partial charge in [0, 0.05) is 11.8 Å². The van der Waals surface area contributed by atoms with E-state index in [0.29, 0.717) is 23.7 Å². The second kappa shape index (κ2) is 4.06. The van der Waals surface area contributed by atoms with E-state index in [0.717, 1.165) is 12.8 Å². The number of hydrogen-bond donors (Lipinski definition) is 1. The zero-order valence-electron chi connectivity index (χ0n) is 14.5. The number of fused-ring (bicyclic) bond motifs is 3. The maximum absolute atomic E-state index is 12.5. The average Bonchev–Trinajstić information content (AvgIpc) is 2.66. The van der Waals surface area contributed by atoms with Gasteiger partial charge in [0.25, 0.3) is 0 Å². The predicted molar refractivity (Wildman–Crippen MR) is 87.3 cm³/mol. The standard InChI is InChI=1S/C20H30O2/c1-17(2)11-13(21)16(22)19(4)14(17)6-8-20-10-9-18(3,12-20)7-5-15(19)20/h9-10,14-16,22H,5-8,11-12H2,1-4H3. The minimum Gasteiger partial charge on any atom is -0.385 e. The molecule has 6 atom stereocenters. The fourth-order valence-electron chi connectivity index (χ4n) is 7.28. The van der Waals surface area contributed by atoms with Gasteiger partial charge >= 0.3 is 0 Å². The van der Waals surface area contributed by atoms with Crippen LogP contribution in [0.1, 0.15) is 66.2 Å². The molecule has 122 valence electrons. The molecule has 0 aromatic carbocycles. The van der Waals surface area contributed by atoms with Gasteiger partial charge in [-0.25, -0.2) is 0 Å². The summed E-state index contributed by atoms with van der Waals surface area (Å²) in [6.07, 6.45) is 10.7. The van der Waals surface area contributed by atoms with Crippen LogP contribution in [0.2, 0.25) is 0 Å². The van der Waals surface area contributed by atoms with Crippen molar-refractivity contribution in [2.45, 2.75) is 72.3 Å². The smallest absolute Gasteiger partial charge is 0.162 e. The summed E-state index contributed by atoms with van der Waals surface area (Å²) in [5.41, 5.74) is 0.384. The van der Waals surface area contributed by atoms with E-state index >= 15 is 0 Å². The van der Waals surface area contributed by atoms with Crippen molar-refractivity contribution in [2.75, 3.05) is 0 Å². The number of aliphatic hydroxyl groups is 1. The molecule has 0 aromatic heterocycles. The van der Waals surface area contributed by atoms with Gasteiger partial charge in [-0.15, -0.1) is 0 Å². The Balaban J connectivity index is 1.82. The molecule has 0 amide bonds. The molecule has 0 radical (unpaired) electrons. The molecule has 4 rings (SSSR count). The van der Waals surface area contributed by atoms with E-state index in [2.05, 4.69) is 39.8 Å². The van der Waals surface area contributed by atoms with Crippen molar-refractivity contribution in [1.82, 2.24) is 0 Å². The van der Waals surface area contributed by atoms with Crippen LogP contribution in [-0.2, 0) is 4.79 Å². The predicted octanol–water partition coefficient (Wildman–Crippen LogP) is 4.13. The maximum Gasteiger partial charge on any atom is 0.162 e. The summed E-state index contributed by atoms with van der Waals surface area (Å²) in [4.78, 5) is 12.5. The quantitative estimate of drug-likeness (QED) is 0.683. The van der Waals surface area contributed by atoms with Crippen molar-refractivity contribution in [2.24, 2.45) is 33.5 Å². The van der Waals surface area contributed by atoms with Crippen LogP contribution in [0.25, 0.3) is 0 Å². The first-order chi connectivity index (χ1) is 10.1. The van der Waals surface area contributed by atoms with Gasteiger partial charge < -0.3 is 5.11 Å². The van der Waals surface area contributed by atoms with Gasteiger partial charge in [-0.3, -0.25) is 4.79 Å². The molecule has 0 aromatic rings. The Hall–Kier alpha value is -0.630. The first kappa shape index (κ1) is 14.9. The highest BCUT2D eigenvalue weighted by atomic mass is 16.3. The lowest BCUT2D eigenvalue weighted by atomic mass is 9.39. The number of rotatable bonds is 0. The third-order valence-corrected chi connectivity index (χ3v) is 8.12. The molecule has 1 N–H and O–H groups in total. The maximum atomic E-state index is 12.5. The molecule has 2 bridgehead atoms. The normalized spacial score (nSPS) is 55.7. The summed E-state index contributed by atoms with van der Waals surface area (Å²) in [6.45, 7) is 9.11. The Morgan fingerprint density at radius 3 is 2.45 bits per heavy atom. The summed E-state index contributed by atoms with van der Waals surface area (Å²) in [5.74, 6) is 1.00. The molecule has 4 aliphatic rings. The van der Waals surface area contributed by atoms with E-state index in [9.17, 15) is 9.90 Å². The number of hydrogen-bond acceptors (Lipinski definition) is 2. The van der Waals surface area contributed by atoms with Crippen LogP contribution in [0.3, 0.4) is 0 Å². The molecule has 1 spiro atoms. The number of carbonyl (C=O) groups excluding carboxylic acids is 1. The Kier molecular flexibility index (Phi) is 2.76. The largest absolute Gasteiger partial charge is 0.385 e. The molecule has 6 unspecified atom stereocenters. The van der Waals surface area contributed by atoms with Crippen molar-refractivity contribution in [1.29, 1.82) is 0 Å². The van der Waals surface area contributed by atoms with Crippen molar-refractivity contribution in [3.63, 3.8) is 0 Å². The van der Waals surface area contributed by atoms with Crippen molar-refractivity contribution in [3.8, 4) is 0 Å². The average molecular weight is 302 g/mol. The van der Waals surface area contributed by atoms with Crippen molar-refractivity contribution in [3.05, 3.63) is 12.2 Å². The Morgan fingerprint density at radius 2 is 1.73 bits per heavy atom. The van der Waals surface area contributed by atoms with Crippen LogP contribution in [0.4, 0.5) is 0 Å². The van der Waals surface area contributed by atoms with Gasteiger partial charge in [0.15, 0.2) is 5.78 Å². The number of Topliss-reactive ketones (excluding diaryl/α,β-unsaturated/α-hetero) is 1. The highest BCUT2D eigenvalue weighted by molar-refractivity contribution is 5.85. The van der Waals surface area contributed by atoms with Crippen LogP contribution in [0.15, 0.2) is 12.2 Å². The molecule has 0 heterocycles. The van der Waals surface area contributed by atoms with Gasteiger partial charge in [-0.1, -0.05) is 39.8 Å². The minimum atomic E-state index is -0.758. The van der Waals surface area contributed by atoms with Crippen LogP contribution in [0, 0.1) is 33.5 Å². The van der Waals surface area contributed by atoms with Crippen molar-refractivity contribution >= 4 is 5.78 Å². The lowest BCUT2D eigenvalue weighted by molar-refractivity contribution is -0.196. The zero-order valence-corrected chi connectivity index (χ0v) is 14.5. The van der Waals surface area contributed by atoms with Crippen LogP contribution < -0.4 is 0 Å².